The number of carbonyl (C=O) groups excluding carboxylic acids is 2. The van der Waals surface area contributed by atoms with Gasteiger partial charge in [-0.3, -0.25) is 4.79 Å². The first kappa shape index (κ1) is 17.4. The van der Waals surface area contributed by atoms with Gasteiger partial charge in [-0.1, -0.05) is 46.3 Å². The molecule has 0 unspecified atom stereocenters. The van der Waals surface area contributed by atoms with E-state index < -0.39 is 11.8 Å². The van der Waals surface area contributed by atoms with E-state index in [4.69, 9.17) is 0 Å². The van der Waals surface area contributed by atoms with Gasteiger partial charge in [-0.05, 0) is 29.3 Å². The van der Waals surface area contributed by atoms with E-state index in [0.717, 1.165) is 26.5 Å². The fraction of sp³-hybridized carbons (Fsp3) is 0.200. The first-order valence-corrected chi connectivity index (χ1v) is 8.71. The van der Waals surface area contributed by atoms with Crippen molar-refractivity contribution in [1.29, 1.82) is 0 Å². The fourth-order valence-electron chi connectivity index (χ4n) is 3.15. The maximum Gasteiger partial charge on any atom is 0.374 e. The van der Waals surface area contributed by atoms with E-state index in [2.05, 4.69) is 20.7 Å². The van der Waals surface area contributed by atoms with Crippen LogP contribution in [-0.2, 0) is 21.4 Å². The van der Waals surface area contributed by atoms with Gasteiger partial charge in [0.1, 0.15) is 0 Å². The molecule has 0 aliphatic rings. The molecular formula is C20H18BrNO3. The number of carbonyl (C=O) groups is 2. The summed E-state index contributed by atoms with van der Waals surface area (Å²) in [7, 11) is 3.21. The lowest BCUT2D eigenvalue weighted by Gasteiger charge is -2.16. The van der Waals surface area contributed by atoms with Gasteiger partial charge in [0.15, 0.2) is 0 Å². The lowest BCUT2D eigenvalue weighted by molar-refractivity contribution is -0.151. The van der Waals surface area contributed by atoms with E-state index in [0.29, 0.717) is 0 Å². The lowest BCUT2D eigenvalue weighted by Crippen LogP contribution is -2.19. The molecule has 1 aromatic heterocycles. The van der Waals surface area contributed by atoms with E-state index in [9.17, 15) is 9.59 Å². The summed E-state index contributed by atoms with van der Waals surface area (Å²) in [5.41, 5.74) is 3.08. The molecule has 2 aromatic carbocycles. The summed E-state index contributed by atoms with van der Waals surface area (Å²) in [5, 5.41) is 1.06. The molecule has 5 heteroatoms. The molecule has 25 heavy (non-hydrogen) atoms. The Bertz CT molecular complexity index is 931. The monoisotopic (exact) mass is 399 g/mol. The Hall–Kier alpha value is -2.40. The number of hydrogen-bond donors (Lipinski definition) is 0. The predicted octanol–water partition coefficient (Wildman–Crippen LogP) is 4.20. The summed E-state index contributed by atoms with van der Waals surface area (Å²) < 4.78 is 7.60. The van der Waals surface area contributed by atoms with Crippen LogP contribution in [0.3, 0.4) is 0 Å². The summed E-state index contributed by atoms with van der Waals surface area (Å²) in [5.74, 6) is -1.54. The van der Waals surface area contributed by atoms with Gasteiger partial charge in [-0.2, -0.15) is 0 Å². The zero-order chi connectivity index (χ0) is 18.0. The van der Waals surface area contributed by atoms with Crippen LogP contribution in [-0.4, -0.2) is 23.4 Å². The number of halogens is 1. The summed E-state index contributed by atoms with van der Waals surface area (Å²) in [4.78, 5) is 23.9. The van der Waals surface area contributed by atoms with Gasteiger partial charge < -0.3 is 9.30 Å². The number of Topliss-reactive ketones (excluding diaryl/α,β-unsaturated/α-hetero) is 1. The van der Waals surface area contributed by atoms with E-state index in [1.807, 2.05) is 66.3 Å². The Morgan fingerprint density at radius 3 is 2.56 bits per heavy atom. The highest BCUT2D eigenvalue weighted by Gasteiger charge is 2.25. The van der Waals surface area contributed by atoms with Crippen molar-refractivity contribution in [3.8, 4) is 0 Å². The van der Waals surface area contributed by atoms with Gasteiger partial charge in [0.25, 0.3) is 0 Å². The molecule has 0 aliphatic heterocycles. The third kappa shape index (κ3) is 3.51. The highest BCUT2D eigenvalue weighted by Crippen LogP contribution is 2.35. The van der Waals surface area contributed by atoms with Crippen LogP contribution in [0.1, 0.15) is 23.5 Å². The van der Waals surface area contributed by atoms with Crippen molar-refractivity contribution >= 4 is 38.6 Å². The van der Waals surface area contributed by atoms with Gasteiger partial charge in [0.05, 0.1) is 7.11 Å². The second-order valence-corrected chi connectivity index (χ2v) is 6.85. The van der Waals surface area contributed by atoms with Gasteiger partial charge >= 0.3 is 5.97 Å². The van der Waals surface area contributed by atoms with Crippen molar-refractivity contribution in [2.45, 2.75) is 12.3 Å². The molecule has 0 bridgehead atoms. The van der Waals surface area contributed by atoms with Crippen LogP contribution < -0.4 is 0 Å². The average Bonchev–Trinajstić information content (AvgIpc) is 2.95. The van der Waals surface area contributed by atoms with Crippen LogP contribution in [0, 0.1) is 0 Å². The summed E-state index contributed by atoms with van der Waals surface area (Å²) in [6.07, 6.45) is 2.10. The van der Waals surface area contributed by atoms with E-state index in [-0.39, 0.29) is 12.3 Å². The largest absolute Gasteiger partial charge is 0.463 e. The molecule has 0 saturated heterocycles. The normalized spacial score (nSPS) is 12.1. The number of ketones is 1. The van der Waals surface area contributed by atoms with Crippen molar-refractivity contribution in [3.63, 3.8) is 0 Å². The predicted molar refractivity (Wildman–Crippen MR) is 101 cm³/mol. The Morgan fingerprint density at radius 2 is 1.88 bits per heavy atom. The maximum absolute atomic E-state index is 12.3. The molecule has 0 saturated carbocycles. The number of hydrogen-bond acceptors (Lipinski definition) is 3. The molecule has 128 valence electrons. The number of aromatic nitrogens is 1. The molecule has 4 nitrogen and oxygen atoms in total. The molecule has 3 aromatic rings. The molecular weight excluding hydrogens is 382 g/mol. The lowest BCUT2D eigenvalue weighted by atomic mass is 9.87. The second kappa shape index (κ2) is 7.23. The Balaban J connectivity index is 2.13. The maximum atomic E-state index is 12.3. The molecule has 0 aliphatic carbocycles. The average molecular weight is 400 g/mol. The Labute approximate surface area is 154 Å². The van der Waals surface area contributed by atoms with Crippen LogP contribution in [0.15, 0.2) is 59.2 Å². The van der Waals surface area contributed by atoms with Gasteiger partial charge in [-0.15, -0.1) is 0 Å². The highest BCUT2D eigenvalue weighted by molar-refractivity contribution is 9.10. The molecule has 1 atom stereocenters. The van der Waals surface area contributed by atoms with Crippen LogP contribution in [0.25, 0.3) is 10.9 Å². The van der Waals surface area contributed by atoms with Crippen molar-refractivity contribution in [2.24, 2.45) is 7.05 Å². The topological polar surface area (TPSA) is 48.3 Å². The molecule has 0 radical (unpaired) electrons. The smallest absolute Gasteiger partial charge is 0.374 e. The Morgan fingerprint density at radius 1 is 1.16 bits per heavy atom. The fourth-order valence-corrected chi connectivity index (χ4v) is 3.51. The van der Waals surface area contributed by atoms with Crippen molar-refractivity contribution in [3.05, 3.63) is 70.3 Å². The molecule has 0 fully saturated rings. The molecule has 1 heterocycles. The van der Waals surface area contributed by atoms with Gasteiger partial charge in [0, 0.05) is 41.0 Å². The van der Waals surface area contributed by atoms with Gasteiger partial charge in [0.2, 0.25) is 5.78 Å². The number of ether oxygens (including phenoxy) is 1. The van der Waals surface area contributed by atoms with Crippen LogP contribution in [0.5, 0.6) is 0 Å². The minimum atomic E-state index is -0.803. The van der Waals surface area contributed by atoms with Crippen LogP contribution >= 0.6 is 15.9 Å². The van der Waals surface area contributed by atoms with Crippen molar-refractivity contribution < 1.29 is 14.3 Å². The standard InChI is InChI=1S/C20H18BrNO3/c1-22-12-17(16-10-14(21)8-9-18(16)22)15(11-19(23)20(24)25-2)13-6-4-3-5-7-13/h3-10,12,15H,11H2,1-2H3/t15-/m0/s1. The van der Waals surface area contributed by atoms with E-state index >= 15 is 0 Å². The van der Waals surface area contributed by atoms with Gasteiger partial charge in [-0.25, -0.2) is 4.79 Å². The summed E-state index contributed by atoms with van der Waals surface area (Å²) in [6, 6.07) is 15.8. The number of nitrogens with zero attached hydrogens (tertiary/aromatic N) is 1. The minimum absolute atomic E-state index is 0.0717. The zero-order valence-corrected chi connectivity index (χ0v) is 15.6. The number of aryl methyl sites for hydroxylation is 1. The summed E-state index contributed by atoms with van der Waals surface area (Å²) >= 11 is 3.52. The molecule has 0 spiro atoms. The quantitative estimate of drug-likeness (QED) is 0.476. The van der Waals surface area contributed by atoms with Crippen molar-refractivity contribution in [2.75, 3.05) is 7.11 Å². The number of methoxy groups -OCH3 is 1. The zero-order valence-electron chi connectivity index (χ0n) is 14.0. The SMILES string of the molecule is COC(=O)C(=O)C[C@@H](c1ccccc1)c1cn(C)c2ccc(Br)cc12. The molecule has 0 amide bonds. The third-order valence-corrected chi connectivity index (χ3v) is 4.86. The van der Waals surface area contributed by atoms with E-state index in [1.54, 1.807) is 0 Å². The number of fused-ring (bicyclic) bond motifs is 1. The van der Waals surface area contributed by atoms with E-state index in [1.165, 1.54) is 7.11 Å². The van der Waals surface area contributed by atoms with Crippen LogP contribution in [0.2, 0.25) is 0 Å². The Kier molecular flexibility index (Phi) is 5.04. The second-order valence-electron chi connectivity index (χ2n) is 5.94. The third-order valence-electron chi connectivity index (χ3n) is 4.36. The summed E-state index contributed by atoms with van der Waals surface area (Å²) in [6.45, 7) is 0. The van der Waals surface area contributed by atoms with Crippen molar-refractivity contribution in [1.82, 2.24) is 4.57 Å². The minimum Gasteiger partial charge on any atom is -0.463 e. The highest BCUT2D eigenvalue weighted by atomic mass is 79.9. The number of benzene rings is 2. The molecule has 3 rings (SSSR count). The first-order chi connectivity index (χ1) is 12.0. The van der Waals surface area contributed by atoms with Crippen LogP contribution in [0.4, 0.5) is 0 Å². The number of rotatable bonds is 5. The first-order valence-electron chi connectivity index (χ1n) is 7.92. The number of esters is 1. The molecule has 0 N–H and O–H groups in total.